The average molecular weight is 191 g/mol. The molecule has 12 heavy (non-hydrogen) atoms. The van der Waals surface area contributed by atoms with Crippen LogP contribution in [0.15, 0.2) is 12.2 Å². The molecular formula is C8H11ClO3. The zero-order valence-electron chi connectivity index (χ0n) is 6.74. The Hall–Kier alpha value is -0.540. The van der Waals surface area contributed by atoms with Gasteiger partial charge in [-0.15, -0.1) is 11.6 Å². The van der Waals surface area contributed by atoms with E-state index in [1.165, 1.54) is 0 Å². The van der Waals surface area contributed by atoms with Gasteiger partial charge < -0.3 is 9.84 Å². The minimum Gasteiger partial charge on any atom is -0.457 e. The molecule has 0 aromatic heterocycles. The van der Waals surface area contributed by atoms with Gasteiger partial charge in [0.1, 0.15) is 11.5 Å². The maximum Gasteiger partial charge on any atom is 0.324 e. The predicted octanol–water partition coefficient (Wildman–Crippen LogP) is 0.846. The van der Waals surface area contributed by atoms with Gasteiger partial charge in [-0.25, -0.2) is 0 Å². The van der Waals surface area contributed by atoms with Crippen molar-refractivity contribution in [3.05, 3.63) is 12.2 Å². The largest absolute Gasteiger partial charge is 0.457 e. The van der Waals surface area contributed by atoms with Crippen molar-refractivity contribution in [3.8, 4) is 0 Å². The van der Waals surface area contributed by atoms with E-state index in [0.717, 1.165) is 0 Å². The molecule has 0 fully saturated rings. The molecular weight excluding hydrogens is 180 g/mol. The fourth-order valence-corrected chi connectivity index (χ4v) is 1.03. The second-order valence-corrected chi connectivity index (χ2v) is 3.43. The number of ether oxygens (including phenoxy) is 1. The third-order valence-corrected chi connectivity index (χ3v) is 1.79. The number of hydrogen-bond acceptors (Lipinski definition) is 3. The number of aliphatic hydroxyl groups excluding tert-OH is 1. The first-order valence-corrected chi connectivity index (χ1v) is 4.24. The van der Waals surface area contributed by atoms with Crippen LogP contribution in [0, 0.1) is 0 Å². The summed E-state index contributed by atoms with van der Waals surface area (Å²) in [4.78, 5) is 10.9. The zero-order chi connectivity index (χ0) is 9.14. The number of esters is 1. The van der Waals surface area contributed by atoms with Crippen molar-refractivity contribution in [2.45, 2.75) is 30.9 Å². The molecule has 0 amide bonds. The smallest absolute Gasteiger partial charge is 0.324 e. The van der Waals surface area contributed by atoms with Crippen LogP contribution in [0.25, 0.3) is 0 Å². The van der Waals surface area contributed by atoms with Crippen LogP contribution in [0.3, 0.4) is 0 Å². The molecule has 1 rings (SSSR count). The molecule has 0 bridgehead atoms. The summed E-state index contributed by atoms with van der Waals surface area (Å²) >= 11 is 5.48. The third-order valence-electron chi connectivity index (χ3n) is 1.61. The molecule has 0 heterocycles. The lowest BCUT2D eigenvalue weighted by Crippen LogP contribution is -2.21. The maximum atomic E-state index is 10.9. The van der Waals surface area contributed by atoms with E-state index >= 15 is 0 Å². The van der Waals surface area contributed by atoms with Gasteiger partial charge in [0.15, 0.2) is 0 Å². The second-order valence-electron chi connectivity index (χ2n) is 2.78. The SMILES string of the molecule is C[C@H](Cl)C(=O)O[C@@H]1C=C[C@H](O)C1. The van der Waals surface area contributed by atoms with Crippen LogP contribution >= 0.6 is 11.6 Å². The Morgan fingerprint density at radius 1 is 1.75 bits per heavy atom. The van der Waals surface area contributed by atoms with Gasteiger partial charge >= 0.3 is 5.97 Å². The lowest BCUT2D eigenvalue weighted by Gasteiger charge is -2.11. The molecule has 0 aliphatic heterocycles. The number of carbonyl (C=O) groups is 1. The first-order chi connectivity index (χ1) is 5.59. The molecule has 0 aromatic carbocycles. The van der Waals surface area contributed by atoms with Gasteiger partial charge in [-0.2, -0.15) is 0 Å². The Labute approximate surface area is 76.0 Å². The van der Waals surface area contributed by atoms with Gasteiger partial charge in [-0.05, 0) is 13.0 Å². The minimum atomic E-state index is -0.629. The molecule has 0 spiro atoms. The van der Waals surface area contributed by atoms with Crippen molar-refractivity contribution in [2.75, 3.05) is 0 Å². The fourth-order valence-electron chi connectivity index (χ4n) is 0.978. The molecule has 3 atom stereocenters. The van der Waals surface area contributed by atoms with E-state index in [1.54, 1.807) is 19.1 Å². The summed E-state index contributed by atoms with van der Waals surface area (Å²) in [5.41, 5.74) is 0. The van der Waals surface area contributed by atoms with E-state index < -0.39 is 17.5 Å². The Bertz CT molecular complexity index is 200. The van der Waals surface area contributed by atoms with Crippen molar-refractivity contribution in [1.29, 1.82) is 0 Å². The highest BCUT2D eigenvalue weighted by Crippen LogP contribution is 2.15. The number of aliphatic hydroxyl groups is 1. The van der Waals surface area contributed by atoms with Crippen molar-refractivity contribution >= 4 is 17.6 Å². The van der Waals surface area contributed by atoms with E-state index in [-0.39, 0.29) is 6.10 Å². The highest BCUT2D eigenvalue weighted by atomic mass is 35.5. The second kappa shape index (κ2) is 3.92. The van der Waals surface area contributed by atoms with E-state index in [4.69, 9.17) is 21.4 Å². The fraction of sp³-hybridized carbons (Fsp3) is 0.625. The monoisotopic (exact) mass is 190 g/mol. The highest BCUT2D eigenvalue weighted by Gasteiger charge is 2.22. The van der Waals surface area contributed by atoms with Gasteiger partial charge in [0.2, 0.25) is 0 Å². The predicted molar refractivity (Wildman–Crippen MR) is 45.0 cm³/mol. The maximum absolute atomic E-state index is 10.9. The van der Waals surface area contributed by atoms with Crippen LogP contribution in [-0.4, -0.2) is 28.7 Å². The summed E-state index contributed by atoms with van der Waals surface area (Å²) in [6.07, 6.45) is 2.91. The topological polar surface area (TPSA) is 46.5 Å². The molecule has 3 nitrogen and oxygen atoms in total. The average Bonchev–Trinajstić information content (AvgIpc) is 2.35. The van der Waals surface area contributed by atoms with E-state index in [1.807, 2.05) is 0 Å². The quantitative estimate of drug-likeness (QED) is 0.399. The molecule has 1 N–H and O–H groups in total. The van der Waals surface area contributed by atoms with Crippen LogP contribution in [0.1, 0.15) is 13.3 Å². The first kappa shape index (κ1) is 9.55. The molecule has 0 unspecified atom stereocenters. The number of alkyl halides is 1. The molecule has 0 radical (unpaired) electrons. The molecule has 0 saturated heterocycles. The first-order valence-electron chi connectivity index (χ1n) is 3.80. The summed E-state index contributed by atoms with van der Waals surface area (Å²) < 4.78 is 4.93. The van der Waals surface area contributed by atoms with Gasteiger partial charge in [-0.3, -0.25) is 4.79 Å². The summed E-state index contributed by atoms with van der Waals surface area (Å²) in [7, 11) is 0. The van der Waals surface area contributed by atoms with Crippen LogP contribution < -0.4 is 0 Å². The number of halogens is 1. The van der Waals surface area contributed by atoms with Crippen LogP contribution in [0.2, 0.25) is 0 Å². The van der Waals surface area contributed by atoms with Gasteiger partial charge in [0.05, 0.1) is 6.10 Å². The summed E-state index contributed by atoms with van der Waals surface area (Å²) in [6, 6.07) is 0. The van der Waals surface area contributed by atoms with E-state index in [2.05, 4.69) is 0 Å². The van der Waals surface area contributed by atoms with Gasteiger partial charge in [0.25, 0.3) is 0 Å². The molecule has 68 valence electrons. The molecule has 0 saturated carbocycles. The van der Waals surface area contributed by atoms with Crippen molar-refractivity contribution in [1.82, 2.24) is 0 Å². The minimum absolute atomic E-state index is 0.311. The number of hydrogen-bond donors (Lipinski definition) is 1. The van der Waals surface area contributed by atoms with Crippen molar-refractivity contribution < 1.29 is 14.6 Å². The number of rotatable bonds is 2. The van der Waals surface area contributed by atoms with Gasteiger partial charge in [0, 0.05) is 6.42 Å². The standard InChI is InChI=1S/C8H11ClO3/c1-5(9)8(11)12-7-3-2-6(10)4-7/h2-3,5-7,10H,4H2,1H3/t5-,6-,7+/m0/s1. The lowest BCUT2D eigenvalue weighted by atomic mass is 10.3. The normalized spacial score (nSPS) is 30.2. The van der Waals surface area contributed by atoms with E-state index in [0.29, 0.717) is 6.42 Å². The van der Waals surface area contributed by atoms with Crippen LogP contribution in [0.4, 0.5) is 0 Å². The Kier molecular flexibility index (Phi) is 3.12. The lowest BCUT2D eigenvalue weighted by molar-refractivity contribution is -0.146. The van der Waals surface area contributed by atoms with Gasteiger partial charge in [-0.1, -0.05) is 6.08 Å². The highest BCUT2D eigenvalue weighted by molar-refractivity contribution is 6.29. The third kappa shape index (κ3) is 2.50. The Balaban J connectivity index is 2.34. The molecule has 0 aromatic rings. The van der Waals surface area contributed by atoms with Crippen LogP contribution in [0.5, 0.6) is 0 Å². The number of carbonyl (C=O) groups excluding carboxylic acids is 1. The molecule has 4 heteroatoms. The molecule has 1 aliphatic carbocycles. The van der Waals surface area contributed by atoms with E-state index in [9.17, 15) is 4.79 Å². The summed E-state index contributed by atoms with van der Waals surface area (Å²) in [5.74, 6) is -0.444. The summed E-state index contributed by atoms with van der Waals surface area (Å²) in [6.45, 7) is 1.55. The van der Waals surface area contributed by atoms with Crippen LogP contribution in [-0.2, 0) is 9.53 Å². The Morgan fingerprint density at radius 3 is 2.83 bits per heavy atom. The molecule has 1 aliphatic rings. The Morgan fingerprint density at radius 2 is 2.42 bits per heavy atom. The summed E-state index contributed by atoms with van der Waals surface area (Å²) in [5, 5.41) is 8.41. The zero-order valence-corrected chi connectivity index (χ0v) is 7.49. The van der Waals surface area contributed by atoms with Crippen molar-refractivity contribution in [2.24, 2.45) is 0 Å². The van der Waals surface area contributed by atoms with Crippen molar-refractivity contribution in [3.63, 3.8) is 0 Å².